The van der Waals surface area contributed by atoms with E-state index in [1.54, 1.807) is 0 Å². The molecule has 1 atom stereocenters. The van der Waals surface area contributed by atoms with Gasteiger partial charge in [-0.05, 0) is 31.9 Å². The first kappa shape index (κ1) is 20.0. The van der Waals surface area contributed by atoms with Crippen molar-refractivity contribution < 1.29 is 9.53 Å². The minimum absolute atomic E-state index is 0.0777. The van der Waals surface area contributed by atoms with E-state index >= 15 is 0 Å². The van der Waals surface area contributed by atoms with E-state index in [-0.39, 0.29) is 42.9 Å². The zero-order valence-corrected chi connectivity index (χ0v) is 16.2. The standard InChI is InChI=1S/C20H26N4O4/c1-13-5-7-14(8-6-13)15-4-3-9-23(15)12-16(25)17-18(21)24(10-11-28-2)20(27)22-19(17)26/h5-8,15H,3-4,9-12,21H2,1-2H3,(H,22,26,27)/t15-/m0/s1. The van der Waals surface area contributed by atoms with Crippen LogP contribution < -0.4 is 17.0 Å². The number of aryl methyl sites for hydroxylation is 1. The molecular weight excluding hydrogens is 360 g/mol. The second-order valence-corrected chi connectivity index (χ2v) is 7.13. The third-order valence-electron chi connectivity index (χ3n) is 5.21. The number of Topliss-reactive ketones (excluding diaryl/α,β-unsaturated/α-hetero) is 1. The van der Waals surface area contributed by atoms with Gasteiger partial charge in [0.15, 0.2) is 5.78 Å². The predicted octanol–water partition coefficient (Wildman–Crippen LogP) is 1.09. The fourth-order valence-electron chi connectivity index (χ4n) is 3.71. The Hall–Kier alpha value is -2.71. The zero-order valence-electron chi connectivity index (χ0n) is 16.2. The molecule has 0 radical (unpaired) electrons. The number of nitrogens with zero attached hydrogens (tertiary/aromatic N) is 2. The minimum Gasteiger partial charge on any atom is -0.384 e. The van der Waals surface area contributed by atoms with Gasteiger partial charge < -0.3 is 10.5 Å². The lowest BCUT2D eigenvalue weighted by molar-refractivity contribution is 0.0920. The number of H-pyrrole nitrogens is 1. The van der Waals surface area contributed by atoms with E-state index in [2.05, 4.69) is 34.1 Å². The molecule has 150 valence electrons. The van der Waals surface area contributed by atoms with Gasteiger partial charge in [-0.15, -0.1) is 0 Å². The van der Waals surface area contributed by atoms with Crippen molar-refractivity contribution in [3.63, 3.8) is 0 Å². The average Bonchev–Trinajstić information content (AvgIpc) is 3.10. The van der Waals surface area contributed by atoms with E-state index in [9.17, 15) is 14.4 Å². The third-order valence-corrected chi connectivity index (χ3v) is 5.21. The fraction of sp³-hybridized carbons (Fsp3) is 0.450. The molecule has 1 aromatic heterocycles. The van der Waals surface area contributed by atoms with E-state index in [0.29, 0.717) is 0 Å². The zero-order chi connectivity index (χ0) is 20.3. The van der Waals surface area contributed by atoms with Crippen molar-refractivity contribution in [1.29, 1.82) is 0 Å². The summed E-state index contributed by atoms with van der Waals surface area (Å²) in [4.78, 5) is 41.4. The maximum atomic E-state index is 12.9. The number of aromatic amines is 1. The normalized spacial score (nSPS) is 17.1. The summed E-state index contributed by atoms with van der Waals surface area (Å²) in [5, 5.41) is 0. The molecule has 2 aromatic rings. The topological polar surface area (TPSA) is 110 Å². The molecule has 1 fully saturated rings. The lowest BCUT2D eigenvalue weighted by atomic mass is 10.0. The molecule has 1 aliphatic heterocycles. The van der Waals surface area contributed by atoms with Crippen LogP contribution in [0.25, 0.3) is 0 Å². The molecule has 0 spiro atoms. The summed E-state index contributed by atoms with van der Waals surface area (Å²) in [5.41, 5.74) is 6.80. The molecule has 0 amide bonds. The number of ether oxygens (including phenoxy) is 1. The van der Waals surface area contributed by atoms with Gasteiger partial charge in [0.1, 0.15) is 11.4 Å². The number of ketones is 1. The van der Waals surface area contributed by atoms with Crippen molar-refractivity contribution in [1.82, 2.24) is 14.5 Å². The largest absolute Gasteiger partial charge is 0.384 e. The molecule has 1 aromatic carbocycles. The molecule has 0 aliphatic carbocycles. The smallest absolute Gasteiger partial charge is 0.330 e. The number of nitrogens with one attached hydrogen (secondary N) is 1. The Balaban J connectivity index is 1.85. The van der Waals surface area contributed by atoms with Gasteiger partial charge in [-0.2, -0.15) is 0 Å². The van der Waals surface area contributed by atoms with Crippen molar-refractivity contribution in [3.8, 4) is 0 Å². The molecule has 8 heteroatoms. The third kappa shape index (κ3) is 4.07. The lowest BCUT2D eigenvalue weighted by Gasteiger charge is -2.24. The van der Waals surface area contributed by atoms with Crippen molar-refractivity contribution in [2.24, 2.45) is 0 Å². The van der Waals surface area contributed by atoms with Crippen LogP contribution in [0.5, 0.6) is 0 Å². The summed E-state index contributed by atoms with van der Waals surface area (Å²) in [6.45, 7) is 3.28. The average molecular weight is 386 g/mol. The van der Waals surface area contributed by atoms with Crippen LogP contribution in [0.4, 0.5) is 5.82 Å². The second kappa shape index (κ2) is 8.53. The van der Waals surface area contributed by atoms with Gasteiger partial charge in [-0.1, -0.05) is 29.8 Å². The summed E-state index contributed by atoms with van der Waals surface area (Å²) in [5.74, 6) is -0.495. The molecule has 3 rings (SSSR count). The highest BCUT2D eigenvalue weighted by Crippen LogP contribution is 2.32. The first-order chi connectivity index (χ1) is 13.4. The van der Waals surface area contributed by atoms with E-state index in [1.165, 1.54) is 17.2 Å². The maximum absolute atomic E-state index is 12.9. The molecular formula is C20H26N4O4. The predicted molar refractivity (Wildman–Crippen MR) is 107 cm³/mol. The molecule has 1 aliphatic rings. The Morgan fingerprint density at radius 3 is 2.68 bits per heavy atom. The molecule has 8 nitrogen and oxygen atoms in total. The number of anilines is 1. The number of carbonyl (C=O) groups excluding carboxylic acids is 1. The van der Waals surface area contributed by atoms with Crippen molar-refractivity contribution in [3.05, 3.63) is 61.8 Å². The van der Waals surface area contributed by atoms with Crippen LogP contribution >= 0.6 is 0 Å². The minimum atomic E-state index is -0.743. The van der Waals surface area contributed by atoms with Crippen LogP contribution in [0.2, 0.25) is 0 Å². The number of nitrogen functional groups attached to an aromatic ring is 1. The summed E-state index contributed by atoms with van der Waals surface area (Å²) >= 11 is 0. The summed E-state index contributed by atoms with van der Waals surface area (Å²) < 4.78 is 6.13. The lowest BCUT2D eigenvalue weighted by Crippen LogP contribution is -2.39. The Labute approximate surface area is 162 Å². The second-order valence-electron chi connectivity index (χ2n) is 7.13. The van der Waals surface area contributed by atoms with Crippen molar-refractivity contribution in [2.75, 3.05) is 32.5 Å². The summed E-state index contributed by atoms with van der Waals surface area (Å²) in [6.07, 6.45) is 1.93. The number of nitrogens with two attached hydrogens (primary N) is 1. The Bertz CT molecular complexity index is 962. The van der Waals surface area contributed by atoms with Gasteiger partial charge in [-0.3, -0.25) is 24.0 Å². The first-order valence-electron chi connectivity index (χ1n) is 9.37. The van der Waals surface area contributed by atoms with Crippen molar-refractivity contribution in [2.45, 2.75) is 32.4 Å². The van der Waals surface area contributed by atoms with Gasteiger partial charge in [0.05, 0.1) is 19.7 Å². The molecule has 0 saturated carbocycles. The van der Waals surface area contributed by atoms with Crippen LogP contribution in [-0.4, -0.2) is 47.0 Å². The molecule has 1 saturated heterocycles. The number of hydrogen-bond donors (Lipinski definition) is 2. The van der Waals surface area contributed by atoms with Crippen LogP contribution in [0.1, 0.15) is 40.4 Å². The molecule has 0 bridgehead atoms. The van der Waals surface area contributed by atoms with E-state index in [0.717, 1.165) is 24.9 Å². The number of aromatic nitrogens is 2. The quantitative estimate of drug-likeness (QED) is 0.690. The maximum Gasteiger partial charge on any atom is 0.330 e. The highest BCUT2D eigenvalue weighted by molar-refractivity contribution is 6.01. The van der Waals surface area contributed by atoms with Gasteiger partial charge in [0.2, 0.25) is 0 Å². The van der Waals surface area contributed by atoms with Crippen molar-refractivity contribution >= 4 is 11.6 Å². The Morgan fingerprint density at radius 1 is 1.29 bits per heavy atom. The first-order valence-corrected chi connectivity index (χ1v) is 9.37. The van der Waals surface area contributed by atoms with Gasteiger partial charge >= 0.3 is 5.69 Å². The van der Waals surface area contributed by atoms with Gasteiger partial charge in [-0.25, -0.2) is 4.79 Å². The Morgan fingerprint density at radius 2 is 2.00 bits per heavy atom. The summed E-state index contributed by atoms with van der Waals surface area (Å²) in [6, 6.07) is 8.40. The number of rotatable bonds is 7. The number of benzene rings is 1. The molecule has 3 N–H and O–H groups in total. The molecule has 28 heavy (non-hydrogen) atoms. The van der Waals surface area contributed by atoms with Gasteiger partial charge in [0.25, 0.3) is 5.56 Å². The fourth-order valence-corrected chi connectivity index (χ4v) is 3.71. The Kier molecular flexibility index (Phi) is 6.11. The monoisotopic (exact) mass is 386 g/mol. The van der Waals surface area contributed by atoms with E-state index in [1.807, 2.05) is 6.92 Å². The van der Waals surface area contributed by atoms with E-state index < -0.39 is 11.2 Å². The molecule has 0 unspecified atom stereocenters. The van der Waals surface area contributed by atoms with Crippen LogP contribution in [0.3, 0.4) is 0 Å². The highest BCUT2D eigenvalue weighted by Gasteiger charge is 2.29. The number of carbonyl (C=O) groups is 1. The summed E-state index contributed by atoms with van der Waals surface area (Å²) in [7, 11) is 1.50. The highest BCUT2D eigenvalue weighted by atomic mass is 16.5. The van der Waals surface area contributed by atoms with Crippen LogP contribution in [0.15, 0.2) is 33.9 Å². The van der Waals surface area contributed by atoms with Crippen LogP contribution in [-0.2, 0) is 11.3 Å². The van der Waals surface area contributed by atoms with Crippen LogP contribution in [0, 0.1) is 6.92 Å². The number of likely N-dealkylation sites (tertiary alicyclic amines) is 1. The van der Waals surface area contributed by atoms with Gasteiger partial charge in [0, 0.05) is 13.2 Å². The molecule has 2 heterocycles. The van der Waals surface area contributed by atoms with E-state index in [4.69, 9.17) is 10.5 Å². The number of methoxy groups -OCH3 is 1. The number of hydrogen-bond acceptors (Lipinski definition) is 6. The SMILES string of the molecule is COCCn1c(N)c(C(=O)CN2CCC[C@H]2c2ccc(C)cc2)c(=O)[nH]c1=O.